The van der Waals surface area contributed by atoms with Crippen LogP contribution in [0.5, 0.6) is 11.6 Å². The Morgan fingerprint density at radius 2 is 2.00 bits per heavy atom. The third-order valence-corrected chi connectivity index (χ3v) is 3.76. The Labute approximate surface area is 126 Å². The van der Waals surface area contributed by atoms with Crippen molar-refractivity contribution < 1.29 is 13.9 Å². The van der Waals surface area contributed by atoms with Crippen LogP contribution in [0.4, 0.5) is 0 Å². The maximum absolute atomic E-state index is 12.6. The van der Waals surface area contributed by atoms with Gasteiger partial charge in [0.25, 0.3) is 5.88 Å². The number of aryl methyl sites for hydroxylation is 1. The van der Waals surface area contributed by atoms with E-state index in [-0.39, 0.29) is 12.2 Å². The molecular formula is C17H13NO4. The molecule has 5 nitrogen and oxygen atoms in total. The van der Waals surface area contributed by atoms with Gasteiger partial charge < -0.3 is 13.9 Å². The summed E-state index contributed by atoms with van der Waals surface area (Å²) in [6.07, 6.45) is 1.62. The summed E-state index contributed by atoms with van der Waals surface area (Å²) in [5.74, 6) is 1.52. The van der Waals surface area contributed by atoms with Crippen molar-refractivity contribution in [3.05, 3.63) is 51.8 Å². The number of ether oxygens (including phenoxy) is 2. The van der Waals surface area contributed by atoms with Crippen molar-refractivity contribution in [1.29, 1.82) is 0 Å². The Kier molecular flexibility index (Phi) is 2.69. The van der Waals surface area contributed by atoms with E-state index in [1.54, 1.807) is 19.2 Å². The third-order valence-electron chi connectivity index (χ3n) is 3.76. The van der Waals surface area contributed by atoms with Crippen LogP contribution in [0.1, 0.15) is 11.1 Å². The molecule has 0 amide bonds. The first-order chi connectivity index (χ1) is 10.6. The second kappa shape index (κ2) is 4.59. The highest BCUT2D eigenvalue weighted by atomic mass is 16.7. The predicted octanol–water partition coefficient (Wildman–Crippen LogP) is 3.20. The van der Waals surface area contributed by atoms with Crippen LogP contribution in [0.2, 0.25) is 0 Å². The number of fused-ring (bicyclic) bond motifs is 2. The normalized spacial score (nSPS) is 12.8. The summed E-state index contributed by atoms with van der Waals surface area (Å²) in [4.78, 5) is 16.8. The number of hydrogen-bond acceptors (Lipinski definition) is 5. The van der Waals surface area contributed by atoms with E-state index >= 15 is 0 Å². The molecule has 4 rings (SSSR count). The largest absolute Gasteiger partial charge is 0.455 e. The molecule has 0 unspecified atom stereocenters. The molecule has 1 aliphatic heterocycles. The quantitative estimate of drug-likeness (QED) is 0.690. The van der Waals surface area contributed by atoms with Gasteiger partial charge >= 0.3 is 0 Å². The van der Waals surface area contributed by atoms with Gasteiger partial charge in [0.05, 0.1) is 5.39 Å². The number of aromatic nitrogens is 1. The van der Waals surface area contributed by atoms with E-state index < -0.39 is 0 Å². The van der Waals surface area contributed by atoms with Gasteiger partial charge in [0.2, 0.25) is 6.79 Å². The second-order valence-electron chi connectivity index (χ2n) is 5.32. The van der Waals surface area contributed by atoms with Crippen molar-refractivity contribution in [2.75, 3.05) is 6.79 Å². The minimum atomic E-state index is -0.0300. The lowest BCUT2D eigenvalue weighted by Crippen LogP contribution is -2.07. The van der Waals surface area contributed by atoms with Gasteiger partial charge in [-0.05, 0) is 32.0 Å². The molecule has 5 heteroatoms. The van der Waals surface area contributed by atoms with Crippen molar-refractivity contribution in [3.8, 4) is 23.0 Å². The minimum Gasteiger partial charge on any atom is -0.455 e. The average Bonchev–Trinajstić information content (AvgIpc) is 2.99. The molecule has 2 aromatic heterocycles. The molecule has 0 radical (unpaired) electrons. The lowest BCUT2D eigenvalue weighted by atomic mass is 10.1. The van der Waals surface area contributed by atoms with Gasteiger partial charge in [0.15, 0.2) is 11.2 Å². The number of pyridine rings is 1. The van der Waals surface area contributed by atoms with Crippen LogP contribution in [0, 0.1) is 13.8 Å². The van der Waals surface area contributed by atoms with E-state index in [4.69, 9.17) is 13.9 Å². The first kappa shape index (κ1) is 12.9. The Bertz CT molecular complexity index is 959. The van der Waals surface area contributed by atoms with Crippen LogP contribution in [-0.2, 0) is 0 Å². The van der Waals surface area contributed by atoms with Crippen LogP contribution in [0.25, 0.3) is 22.3 Å². The molecule has 0 N–H and O–H groups in total. The number of nitrogens with zero attached hydrogens (tertiary/aromatic N) is 1. The van der Waals surface area contributed by atoms with Crippen molar-refractivity contribution in [3.63, 3.8) is 0 Å². The maximum Gasteiger partial charge on any atom is 0.260 e. The summed E-state index contributed by atoms with van der Waals surface area (Å²) in [6.45, 7) is 3.86. The van der Waals surface area contributed by atoms with Gasteiger partial charge in [-0.3, -0.25) is 4.79 Å². The maximum atomic E-state index is 12.6. The van der Waals surface area contributed by atoms with Crippen LogP contribution in [0.15, 0.2) is 39.7 Å². The van der Waals surface area contributed by atoms with E-state index in [1.165, 1.54) is 0 Å². The van der Waals surface area contributed by atoms with Crippen molar-refractivity contribution in [1.82, 2.24) is 4.98 Å². The van der Waals surface area contributed by atoms with Gasteiger partial charge in [-0.2, -0.15) is 0 Å². The highest BCUT2D eigenvalue weighted by molar-refractivity contribution is 5.81. The first-order valence-electron chi connectivity index (χ1n) is 6.93. The lowest BCUT2D eigenvalue weighted by molar-refractivity contribution is 0.171. The van der Waals surface area contributed by atoms with Gasteiger partial charge in [-0.1, -0.05) is 11.6 Å². The molecule has 110 valence electrons. The zero-order chi connectivity index (χ0) is 15.3. The lowest BCUT2D eigenvalue weighted by Gasteiger charge is -2.08. The molecule has 0 spiro atoms. The van der Waals surface area contributed by atoms with Crippen molar-refractivity contribution in [2.24, 2.45) is 0 Å². The van der Waals surface area contributed by atoms with Gasteiger partial charge in [-0.15, -0.1) is 0 Å². The summed E-state index contributed by atoms with van der Waals surface area (Å²) < 4.78 is 16.5. The zero-order valence-corrected chi connectivity index (χ0v) is 12.2. The molecule has 0 fully saturated rings. The Balaban J connectivity index is 1.97. The molecule has 0 bridgehead atoms. The van der Waals surface area contributed by atoms with E-state index in [0.717, 1.165) is 5.56 Å². The van der Waals surface area contributed by atoms with Crippen molar-refractivity contribution >= 4 is 11.0 Å². The average molecular weight is 295 g/mol. The minimum absolute atomic E-state index is 0.0300. The van der Waals surface area contributed by atoms with Crippen LogP contribution in [-0.4, -0.2) is 11.8 Å². The number of hydrogen-bond donors (Lipinski definition) is 0. The molecular weight excluding hydrogens is 282 g/mol. The van der Waals surface area contributed by atoms with E-state index in [9.17, 15) is 4.79 Å². The molecule has 0 saturated carbocycles. The highest BCUT2D eigenvalue weighted by Gasteiger charge is 2.19. The second-order valence-corrected chi connectivity index (χ2v) is 5.32. The van der Waals surface area contributed by atoms with Gasteiger partial charge in [0.1, 0.15) is 11.3 Å². The van der Waals surface area contributed by atoms with Gasteiger partial charge in [-0.25, -0.2) is 4.98 Å². The first-order valence-corrected chi connectivity index (χ1v) is 6.93. The highest BCUT2D eigenvalue weighted by Crippen LogP contribution is 2.34. The smallest absolute Gasteiger partial charge is 0.260 e. The summed E-state index contributed by atoms with van der Waals surface area (Å²) in [7, 11) is 0. The predicted molar refractivity (Wildman–Crippen MR) is 81.3 cm³/mol. The zero-order valence-electron chi connectivity index (χ0n) is 12.2. The van der Waals surface area contributed by atoms with Crippen LogP contribution >= 0.6 is 0 Å². The Hall–Kier alpha value is -2.82. The molecule has 3 heterocycles. The molecule has 0 atom stereocenters. The number of benzene rings is 1. The SMILES string of the molecule is Cc1ccc2oc(-c3cnc4c(c3)OCO4)c(C)c(=O)c2c1. The molecule has 0 aliphatic carbocycles. The molecule has 1 aromatic carbocycles. The van der Waals surface area contributed by atoms with Crippen LogP contribution < -0.4 is 14.9 Å². The Morgan fingerprint density at radius 1 is 1.14 bits per heavy atom. The molecule has 0 saturated heterocycles. The standard InChI is InChI=1S/C17H13NO4/c1-9-3-4-13-12(5-9)15(19)10(2)16(22-13)11-6-14-17(18-7-11)21-8-20-14/h3-7H,8H2,1-2H3. The van der Waals surface area contributed by atoms with Gasteiger partial charge in [0, 0.05) is 17.3 Å². The molecule has 22 heavy (non-hydrogen) atoms. The summed E-state index contributed by atoms with van der Waals surface area (Å²) in [5.41, 5.74) is 2.81. The summed E-state index contributed by atoms with van der Waals surface area (Å²) >= 11 is 0. The van der Waals surface area contributed by atoms with Crippen molar-refractivity contribution in [2.45, 2.75) is 13.8 Å². The Morgan fingerprint density at radius 3 is 2.86 bits per heavy atom. The monoisotopic (exact) mass is 295 g/mol. The molecule has 3 aromatic rings. The summed E-state index contributed by atoms with van der Waals surface area (Å²) in [5, 5.41) is 0.593. The van der Waals surface area contributed by atoms with Crippen LogP contribution in [0.3, 0.4) is 0 Å². The number of rotatable bonds is 1. The topological polar surface area (TPSA) is 61.6 Å². The third kappa shape index (κ3) is 1.86. The summed E-state index contributed by atoms with van der Waals surface area (Å²) in [6, 6.07) is 7.36. The van der Waals surface area contributed by atoms with E-state index in [0.29, 0.717) is 39.5 Å². The molecule has 1 aliphatic rings. The fraction of sp³-hybridized carbons (Fsp3) is 0.176. The van der Waals surface area contributed by atoms with E-state index in [2.05, 4.69) is 4.98 Å². The van der Waals surface area contributed by atoms with E-state index in [1.807, 2.05) is 25.1 Å². The fourth-order valence-electron chi connectivity index (χ4n) is 2.59. The fourth-order valence-corrected chi connectivity index (χ4v) is 2.59.